The van der Waals surface area contributed by atoms with E-state index in [9.17, 15) is 0 Å². The Kier molecular flexibility index (Phi) is 7.90. The molecule has 5 heteroatoms. The Morgan fingerprint density at radius 3 is 1.14 bits per heavy atom. The first-order valence-electron chi connectivity index (χ1n) is 17.4. The highest BCUT2D eigenvalue weighted by molar-refractivity contribution is 7.00. The number of rotatable bonds is 2. The van der Waals surface area contributed by atoms with Crippen LogP contribution in [0.15, 0.2) is 84.9 Å². The molecule has 2 aliphatic rings. The molecule has 5 aromatic rings. The maximum Gasteiger partial charge on any atom is 0.252 e. The maximum absolute atomic E-state index is 6.58. The molecule has 0 radical (unpaired) electrons. The van der Waals surface area contributed by atoms with E-state index in [1.54, 1.807) is 0 Å². The summed E-state index contributed by atoms with van der Waals surface area (Å²) < 4.78 is 0. The van der Waals surface area contributed by atoms with Crippen molar-refractivity contribution in [2.45, 2.75) is 92.4 Å². The van der Waals surface area contributed by atoms with Crippen LogP contribution in [-0.4, -0.2) is 6.71 Å². The monoisotopic (exact) mass is 684 g/mol. The summed E-state index contributed by atoms with van der Waals surface area (Å²) in [5, 5.41) is 1.50. The molecule has 49 heavy (non-hydrogen) atoms. The number of nitrogens with zero attached hydrogens (tertiary/aromatic N) is 2. The van der Waals surface area contributed by atoms with Gasteiger partial charge >= 0.3 is 0 Å². The lowest BCUT2D eigenvalue weighted by atomic mass is 9.33. The smallest absolute Gasteiger partial charge is 0.252 e. The Balaban J connectivity index is 1.68. The number of fused-ring (bicyclic) bond motifs is 4. The average Bonchev–Trinajstić information content (AvgIpc) is 3.00. The molecular formula is C44H47BCl2N2. The lowest BCUT2D eigenvalue weighted by Crippen LogP contribution is -2.62. The van der Waals surface area contributed by atoms with Gasteiger partial charge in [0.05, 0.1) is 0 Å². The van der Waals surface area contributed by atoms with E-state index >= 15 is 0 Å². The molecule has 2 heterocycles. The molecule has 7 rings (SSSR count). The number of hydrogen-bond donors (Lipinski definition) is 0. The van der Waals surface area contributed by atoms with Gasteiger partial charge in [-0.1, -0.05) is 110 Å². The largest absolute Gasteiger partial charge is 0.311 e. The molecule has 0 fully saturated rings. The molecule has 0 saturated heterocycles. The number of benzene rings is 5. The van der Waals surface area contributed by atoms with Crippen LogP contribution in [0.2, 0.25) is 10.0 Å². The fourth-order valence-corrected chi connectivity index (χ4v) is 8.08. The van der Waals surface area contributed by atoms with Crippen LogP contribution in [0.1, 0.15) is 90.1 Å². The molecule has 5 aromatic carbocycles. The summed E-state index contributed by atoms with van der Waals surface area (Å²) >= 11 is 13.2. The van der Waals surface area contributed by atoms with Crippen LogP contribution in [0, 0.1) is 13.8 Å². The van der Waals surface area contributed by atoms with Gasteiger partial charge in [-0.05, 0) is 135 Å². The van der Waals surface area contributed by atoms with Crippen LogP contribution < -0.4 is 26.2 Å². The third-order valence-electron chi connectivity index (χ3n) is 10.5. The molecule has 2 aliphatic heterocycles. The summed E-state index contributed by atoms with van der Waals surface area (Å²) in [7, 11) is 0. The van der Waals surface area contributed by atoms with Crippen LogP contribution in [0.4, 0.5) is 34.1 Å². The highest BCUT2D eigenvalue weighted by Gasteiger charge is 2.45. The van der Waals surface area contributed by atoms with Gasteiger partial charge in [-0.2, -0.15) is 0 Å². The molecule has 0 aliphatic carbocycles. The minimum absolute atomic E-state index is 0.00748. The van der Waals surface area contributed by atoms with E-state index in [1.165, 1.54) is 55.8 Å². The molecular weight excluding hydrogens is 638 g/mol. The summed E-state index contributed by atoms with van der Waals surface area (Å²) in [6.45, 7) is 25.2. The first-order chi connectivity index (χ1) is 22.8. The Morgan fingerprint density at radius 1 is 0.429 bits per heavy atom. The van der Waals surface area contributed by atoms with Crippen molar-refractivity contribution in [3.63, 3.8) is 0 Å². The SMILES string of the molecule is Cc1cc(Cl)ccc1N1c2ccc(C(C)(C)C)cc2B2c3cc(C(C)(C)C)ccc3N(c3ccc(Cl)cc3C)c3cc(C(C)(C)C)cc1c32. The summed E-state index contributed by atoms with van der Waals surface area (Å²) in [6.07, 6.45) is 0. The molecule has 0 N–H and O–H groups in total. The lowest BCUT2D eigenvalue weighted by Gasteiger charge is -2.46. The fraction of sp³-hybridized carbons (Fsp3) is 0.318. The van der Waals surface area contributed by atoms with Crippen molar-refractivity contribution in [3.05, 3.63) is 123 Å². The zero-order valence-corrected chi connectivity index (χ0v) is 32.3. The number of anilines is 6. The molecule has 0 saturated carbocycles. The second-order valence-corrected chi connectivity index (χ2v) is 18.1. The Bertz CT molecular complexity index is 2000. The van der Waals surface area contributed by atoms with Crippen molar-refractivity contribution in [3.8, 4) is 0 Å². The summed E-state index contributed by atoms with van der Waals surface area (Å²) in [6, 6.07) is 31.8. The number of hydrogen-bond acceptors (Lipinski definition) is 2. The van der Waals surface area contributed by atoms with Gasteiger partial charge in [0.2, 0.25) is 0 Å². The van der Waals surface area contributed by atoms with Crippen LogP contribution in [0.25, 0.3) is 0 Å². The third-order valence-corrected chi connectivity index (χ3v) is 10.9. The van der Waals surface area contributed by atoms with E-state index in [1.807, 2.05) is 12.1 Å². The van der Waals surface area contributed by atoms with Gasteiger partial charge in [-0.25, -0.2) is 0 Å². The topological polar surface area (TPSA) is 6.48 Å². The fourth-order valence-electron chi connectivity index (χ4n) is 7.63. The predicted molar refractivity (Wildman–Crippen MR) is 216 cm³/mol. The van der Waals surface area contributed by atoms with E-state index < -0.39 is 0 Å². The van der Waals surface area contributed by atoms with Crippen LogP contribution in [0.5, 0.6) is 0 Å². The minimum atomic E-state index is -0.0881. The van der Waals surface area contributed by atoms with Crippen molar-refractivity contribution >= 4 is 80.4 Å². The Morgan fingerprint density at radius 2 is 0.796 bits per heavy atom. The average molecular weight is 686 g/mol. The second kappa shape index (κ2) is 11.4. The lowest BCUT2D eigenvalue weighted by molar-refractivity contribution is 0.590. The minimum Gasteiger partial charge on any atom is -0.311 e. The molecule has 2 nitrogen and oxygen atoms in total. The van der Waals surface area contributed by atoms with Crippen molar-refractivity contribution in [2.75, 3.05) is 9.80 Å². The van der Waals surface area contributed by atoms with E-state index in [0.717, 1.165) is 32.5 Å². The van der Waals surface area contributed by atoms with Crippen LogP contribution in [0.3, 0.4) is 0 Å². The molecule has 0 bridgehead atoms. The second-order valence-electron chi connectivity index (χ2n) is 17.2. The zero-order chi connectivity index (χ0) is 35.4. The first kappa shape index (κ1) is 33.8. The Labute approximate surface area is 304 Å². The highest BCUT2D eigenvalue weighted by Crippen LogP contribution is 2.48. The van der Waals surface area contributed by atoms with Gasteiger partial charge in [0, 0.05) is 44.2 Å². The van der Waals surface area contributed by atoms with Gasteiger partial charge < -0.3 is 9.80 Å². The van der Waals surface area contributed by atoms with E-state index in [-0.39, 0.29) is 23.0 Å². The quantitative estimate of drug-likeness (QED) is 0.167. The summed E-state index contributed by atoms with van der Waals surface area (Å²) in [4.78, 5) is 5.01. The molecule has 250 valence electrons. The summed E-state index contributed by atoms with van der Waals surface area (Å²) in [5.41, 5.74) is 17.3. The van der Waals surface area contributed by atoms with Crippen molar-refractivity contribution in [1.82, 2.24) is 0 Å². The van der Waals surface area contributed by atoms with Crippen molar-refractivity contribution in [2.24, 2.45) is 0 Å². The zero-order valence-electron chi connectivity index (χ0n) is 30.8. The van der Waals surface area contributed by atoms with Gasteiger partial charge in [-0.3, -0.25) is 0 Å². The van der Waals surface area contributed by atoms with Crippen molar-refractivity contribution in [1.29, 1.82) is 0 Å². The first-order valence-corrected chi connectivity index (χ1v) is 18.2. The van der Waals surface area contributed by atoms with Gasteiger partial charge in [0.25, 0.3) is 6.71 Å². The van der Waals surface area contributed by atoms with Gasteiger partial charge in [-0.15, -0.1) is 0 Å². The van der Waals surface area contributed by atoms with Crippen LogP contribution in [-0.2, 0) is 16.2 Å². The normalized spacial score (nSPS) is 14.1. The molecule has 0 aromatic heterocycles. The predicted octanol–water partition coefficient (Wildman–Crippen LogP) is 11.6. The highest BCUT2D eigenvalue weighted by atomic mass is 35.5. The maximum atomic E-state index is 6.58. The molecule has 0 spiro atoms. The van der Waals surface area contributed by atoms with Gasteiger partial charge in [0.1, 0.15) is 0 Å². The van der Waals surface area contributed by atoms with Gasteiger partial charge in [0.15, 0.2) is 0 Å². The standard InChI is InChI=1S/C44H47BCl2N2/c1-26-20-31(46)14-18-35(26)48-37-16-12-28(42(3,4)5)22-33(37)45-34-23-29(43(6,7)8)13-17-38(34)49(36-19-15-32(47)21-27(36)2)40-25-30(44(9,10)11)24-39(48)41(40)45/h12-25H,1-11H3. The Hall–Kier alpha value is -3.66. The van der Waals surface area contributed by atoms with Crippen LogP contribution >= 0.6 is 23.2 Å². The van der Waals surface area contributed by atoms with E-state index in [2.05, 4.69) is 159 Å². The third kappa shape index (κ3) is 5.68. The molecule has 0 unspecified atom stereocenters. The molecule has 0 amide bonds. The van der Waals surface area contributed by atoms with Crippen molar-refractivity contribution < 1.29 is 0 Å². The number of aryl methyl sites for hydroxylation is 2. The molecule has 0 atom stereocenters. The van der Waals surface area contributed by atoms with E-state index in [4.69, 9.17) is 23.2 Å². The van der Waals surface area contributed by atoms with E-state index in [0.29, 0.717) is 0 Å². The summed E-state index contributed by atoms with van der Waals surface area (Å²) in [5.74, 6) is 0. The number of halogens is 2.